The zero-order valence-corrected chi connectivity index (χ0v) is 20.5. The van der Waals surface area contributed by atoms with Crippen molar-refractivity contribution in [3.63, 3.8) is 0 Å². The van der Waals surface area contributed by atoms with Crippen molar-refractivity contribution in [2.75, 3.05) is 19.1 Å². The Kier molecular flexibility index (Phi) is 6.72. The summed E-state index contributed by atoms with van der Waals surface area (Å²) in [6, 6.07) is 19.3. The summed E-state index contributed by atoms with van der Waals surface area (Å²) in [5.74, 6) is -2.83. The molecule has 0 aliphatic carbocycles. The van der Waals surface area contributed by atoms with E-state index < -0.39 is 28.0 Å². The van der Waals surface area contributed by atoms with E-state index in [1.807, 2.05) is 0 Å². The Morgan fingerprint density at radius 2 is 1.59 bits per heavy atom. The van der Waals surface area contributed by atoms with Gasteiger partial charge < -0.3 is 15.2 Å². The van der Waals surface area contributed by atoms with Crippen molar-refractivity contribution in [1.29, 1.82) is 5.26 Å². The Balaban J connectivity index is 2.02. The number of nitriles is 1. The van der Waals surface area contributed by atoms with E-state index in [4.69, 9.17) is 15.2 Å². The van der Waals surface area contributed by atoms with Crippen LogP contribution >= 0.6 is 0 Å². The summed E-state index contributed by atoms with van der Waals surface area (Å²) in [7, 11) is -2.10. The zero-order valence-electron chi connectivity index (χ0n) is 19.7. The monoisotopic (exact) mass is 519 g/mol. The number of hydrogen-bond acceptors (Lipinski definition) is 9. The lowest BCUT2D eigenvalue weighted by Crippen LogP contribution is -2.40. The maximum absolute atomic E-state index is 13.1. The Hall–Kier alpha value is -4.66. The molecule has 0 bridgehead atoms. The summed E-state index contributed by atoms with van der Waals surface area (Å²) in [6.45, 7) is 0. The van der Waals surface area contributed by atoms with E-state index in [-0.39, 0.29) is 27.6 Å². The second-order valence-electron chi connectivity index (χ2n) is 8.00. The van der Waals surface area contributed by atoms with Crippen molar-refractivity contribution in [2.24, 2.45) is 5.73 Å². The minimum Gasteiger partial charge on any atom is -0.466 e. The lowest BCUT2D eigenvalue weighted by atomic mass is 9.81. The van der Waals surface area contributed by atoms with E-state index >= 15 is 0 Å². The van der Waals surface area contributed by atoms with Crippen molar-refractivity contribution in [3.05, 3.63) is 95.0 Å². The van der Waals surface area contributed by atoms with Gasteiger partial charge in [0, 0.05) is 5.69 Å². The number of carbonyl (C=O) groups is 2. The third kappa shape index (κ3) is 4.51. The van der Waals surface area contributed by atoms with E-state index in [1.165, 1.54) is 29.2 Å². The predicted molar refractivity (Wildman–Crippen MR) is 133 cm³/mol. The number of carbonyl (C=O) groups excluding carboxylic acids is 2. The summed E-state index contributed by atoms with van der Waals surface area (Å²) >= 11 is 0. The van der Waals surface area contributed by atoms with Gasteiger partial charge in [0.1, 0.15) is 11.5 Å². The molecule has 0 aromatic heterocycles. The predicted octanol–water partition coefficient (Wildman–Crippen LogP) is 2.98. The summed E-state index contributed by atoms with van der Waals surface area (Å²) in [6.07, 6.45) is 0. The van der Waals surface area contributed by atoms with Crippen LogP contribution in [0.15, 0.2) is 94.3 Å². The Morgan fingerprint density at radius 1 is 0.973 bits per heavy atom. The van der Waals surface area contributed by atoms with Gasteiger partial charge in [0.2, 0.25) is 0 Å². The van der Waals surface area contributed by atoms with E-state index in [2.05, 4.69) is 6.07 Å². The molecule has 3 N–H and O–H groups in total. The van der Waals surface area contributed by atoms with Crippen LogP contribution in [-0.2, 0) is 29.2 Å². The average Bonchev–Trinajstić information content (AvgIpc) is 2.90. The van der Waals surface area contributed by atoms with Crippen LogP contribution in [0.5, 0.6) is 0 Å². The van der Waals surface area contributed by atoms with Gasteiger partial charge in [0.05, 0.1) is 42.2 Å². The zero-order chi connectivity index (χ0) is 26.9. The highest BCUT2D eigenvalue weighted by Crippen LogP contribution is 2.43. The third-order valence-corrected chi connectivity index (χ3v) is 6.81. The molecule has 4 rings (SSSR count). The van der Waals surface area contributed by atoms with Crippen LogP contribution in [0.4, 0.5) is 5.69 Å². The Morgan fingerprint density at radius 3 is 2.19 bits per heavy atom. The lowest BCUT2D eigenvalue weighted by Gasteiger charge is -2.36. The maximum Gasteiger partial charge on any atom is 0.355 e. The molecule has 3 aromatic carbocycles. The van der Waals surface area contributed by atoms with Gasteiger partial charge in [-0.3, -0.25) is 9.45 Å². The number of benzene rings is 3. The van der Waals surface area contributed by atoms with Gasteiger partial charge in [0.25, 0.3) is 10.1 Å². The standard InChI is InChI=1S/C26H21N3O7S/c1-35-25(30)22-21(15-6-4-3-5-7-15)20(14-27)24(28)29(23(22)26(31)36-2)18-10-8-17-13-19(37(32,33)34)11-9-16(17)12-18/h3-13,21H,28H2,1-2H3,(H,32,33,34). The number of ether oxygens (including phenoxy) is 2. The first-order chi connectivity index (χ1) is 17.6. The minimum atomic E-state index is -4.41. The number of nitrogens with zero attached hydrogens (tertiary/aromatic N) is 2. The van der Waals surface area contributed by atoms with Gasteiger partial charge in [0.15, 0.2) is 0 Å². The molecule has 1 heterocycles. The van der Waals surface area contributed by atoms with E-state index in [0.29, 0.717) is 22.0 Å². The summed E-state index contributed by atoms with van der Waals surface area (Å²) < 4.78 is 42.4. The van der Waals surface area contributed by atoms with E-state index in [1.54, 1.807) is 42.5 Å². The number of anilines is 1. The molecule has 1 unspecified atom stereocenters. The molecule has 37 heavy (non-hydrogen) atoms. The molecule has 0 saturated heterocycles. The van der Waals surface area contributed by atoms with Crippen molar-refractivity contribution >= 4 is 38.5 Å². The van der Waals surface area contributed by atoms with Gasteiger partial charge >= 0.3 is 11.9 Å². The van der Waals surface area contributed by atoms with Crippen molar-refractivity contribution in [2.45, 2.75) is 10.8 Å². The maximum atomic E-state index is 13.1. The number of hydrogen-bond donors (Lipinski definition) is 2. The summed E-state index contributed by atoms with van der Waals surface area (Å²) in [4.78, 5) is 27.2. The van der Waals surface area contributed by atoms with Crippen molar-refractivity contribution in [3.8, 4) is 6.07 Å². The lowest BCUT2D eigenvalue weighted by molar-refractivity contribution is -0.139. The molecule has 0 spiro atoms. The summed E-state index contributed by atoms with van der Waals surface area (Å²) in [5.41, 5.74) is 6.98. The fourth-order valence-corrected chi connectivity index (χ4v) is 4.81. The molecule has 1 aliphatic rings. The second-order valence-corrected chi connectivity index (χ2v) is 9.43. The normalized spacial score (nSPS) is 15.9. The largest absolute Gasteiger partial charge is 0.466 e. The highest BCUT2D eigenvalue weighted by atomic mass is 32.2. The molecular formula is C26H21N3O7S. The minimum absolute atomic E-state index is 0.0149. The molecule has 1 atom stereocenters. The van der Waals surface area contributed by atoms with E-state index in [9.17, 15) is 27.8 Å². The first-order valence-electron chi connectivity index (χ1n) is 10.8. The average molecular weight is 520 g/mol. The molecular weight excluding hydrogens is 498 g/mol. The first kappa shape index (κ1) is 25.4. The number of nitrogens with two attached hydrogens (primary N) is 1. The molecule has 3 aromatic rings. The van der Waals surface area contributed by atoms with Gasteiger partial charge in [-0.2, -0.15) is 13.7 Å². The number of rotatable bonds is 5. The molecule has 0 amide bonds. The molecule has 0 fully saturated rings. The van der Waals surface area contributed by atoms with Crippen molar-refractivity contribution < 1.29 is 32.0 Å². The molecule has 1 aliphatic heterocycles. The van der Waals surface area contributed by atoms with E-state index in [0.717, 1.165) is 14.2 Å². The second kappa shape index (κ2) is 9.77. The van der Waals surface area contributed by atoms with Crippen LogP contribution in [0.25, 0.3) is 10.8 Å². The van der Waals surface area contributed by atoms with Gasteiger partial charge in [-0.25, -0.2) is 9.59 Å². The van der Waals surface area contributed by atoms with Crippen LogP contribution in [0.3, 0.4) is 0 Å². The number of esters is 2. The number of methoxy groups -OCH3 is 2. The highest BCUT2D eigenvalue weighted by Gasteiger charge is 2.43. The number of fused-ring (bicyclic) bond motifs is 1. The topological polar surface area (TPSA) is 160 Å². The molecule has 0 saturated carbocycles. The highest BCUT2D eigenvalue weighted by molar-refractivity contribution is 7.85. The molecule has 10 nitrogen and oxygen atoms in total. The molecule has 188 valence electrons. The fraction of sp³-hybridized carbons (Fsp3) is 0.115. The van der Waals surface area contributed by atoms with Crippen molar-refractivity contribution in [1.82, 2.24) is 0 Å². The van der Waals surface area contributed by atoms with Gasteiger partial charge in [-0.1, -0.05) is 42.5 Å². The van der Waals surface area contributed by atoms with Gasteiger partial charge in [-0.15, -0.1) is 0 Å². The smallest absolute Gasteiger partial charge is 0.355 e. The Bertz CT molecular complexity index is 1640. The third-order valence-electron chi connectivity index (χ3n) is 5.96. The Labute approximate surface area is 212 Å². The van der Waals surface area contributed by atoms with Crippen LogP contribution < -0.4 is 10.6 Å². The van der Waals surface area contributed by atoms with Crippen LogP contribution in [0.1, 0.15) is 11.5 Å². The number of allylic oxidation sites excluding steroid dienone is 1. The van der Waals surface area contributed by atoms with Crippen LogP contribution in [-0.4, -0.2) is 39.1 Å². The quantitative estimate of drug-likeness (QED) is 0.379. The van der Waals surface area contributed by atoms with Crippen LogP contribution in [0, 0.1) is 11.3 Å². The molecule has 11 heteroatoms. The molecule has 0 radical (unpaired) electrons. The first-order valence-corrected chi connectivity index (χ1v) is 12.2. The van der Waals surface area contributed by atoms with Gasteiger partial charge in [-0.05, 0) is 40.6 Å². The summed E-state index contributed by atoms with van der Waals surface area (Å²) in [5, 5.41) is 11.1. The van der Waals surface area contributed by atoms with Crippen LogP contribution in [0.2, 0.25) is 0 Å². The fourth-order valence-electron chi connectivity index (χ4n) is 4.29. The SMILES string of the molecule is COC(=O)C1=C(C(=O)OC)N(c2ccc3cc(S(=O)(=O)O)ccc3c2)C(N)=C(C#N)C1c1ccccc1.